The van der Waals surface area contributed by atoms with Crippen molar-refractivity contribution in [1.29, 1.82) is 0 Å². The lowest BCUT2D eigenvalue weighted by Crippen LogP contribution is -2.07. The molecule has 0 aliphatic carbocycles. The van der Waals surface area contributed by atoms with Crippen LogP contribution in [0.3, 0.4) is 0 Å². The van der Waals surface area contributed by atoms with Gasteiger partial charge in [-0.15, -0.1) is 34.4 Å². The number of halogens is 3. The van der Waals surface area contributed by atoms with Gasteiger partial charge in [0.05, 0.1) is 26.8 Å². The van der Waals surface area contributed by atoms with Crippen LogP contribution >= 0.6 is 34.4 Å². The molecule has 0 amide bonds. The summed E-state index contributed by atoms with van der Waals surface area (Å²) >= 11 is 5.04. The molecule has 4 heterocycles. The van der Waals surface area contributed by atoms with Gasteiger partial charge in [0.1, 0.15) is 5.69 Å². The number of thiophene rings is 2. The Hall–Kier alpha value is -1.58. The summed E-state index contributed by atoms with van der Waals surface area (Å²) in [6.45, 7) is 2.08. The summed E-state index contributed by atoms with van der Waals surface area (Å²) in [4.78, 5) is 10.2. The summed E-state index contributed by atoms with van der Waals surface area (Å²) < 4.78 is 42.9. The van der Waals surface area contributed by atoms with Crippen LogP contribution in [-0.4, -0.2) is 20.3 Å². The van der Waals surface area contributed by atoms with Gasteiger partial charge in [0.15, 0.2) is 5.82 Å². The van der Waals surface area contributed by atoms with E-state index in [0.29, 0.717) is 16.9 Å². The second kappa shape index (κ2) is 6.00. The van der Waals surface area contributed by atoms with Gasteiger partial charge in [0, 0.05) is 16.6 Å². The van der Waals surface area contributed by atoms with Crippen molar-refractivity contribution >= 4 is 54.9 Å². The number of rotatable bonds is 3. The molecule has 130 valence electrons. The lowest BCUT2D eigenvalue weighted by Gasteiger charge is -2.05. The number of imidazole rings is 1. The number of fused-ring (bicyclic) bond motifs is 2. The Balaban J connectivity index is 1.94. The highest BCUT2D eigenvalue weighted by Crippen LogP contribution is 2.46. The van der Waals surface area contributed by atoms with Crippen LogP contribution in [-0.2, 0) is 13.2 Å². The Morgan fingerprint density at radius 3 is 2.84 bits per heavy atom. The van der Waals surface area contributed by atoms with E-state index < -0.39 is 11.9 Å². The van der Waals surface area contributed by atoms with Gasteiger partial charge in [0.25, 0.3) is 0 Å². The summed E-state index contributed by atoms with van der Waals surface area (Å²) in [6, 6.07) is 3.08. The number of hydrogen-bond acceptors (Lipinski definition) is 5. The molecule has 0 unspecified atom stereocenters. The summed E-state index contributed by atoms with van der Waals surface area (Å²) in [7, 11) is 1.81. The Bertz CT molecular complexity index is 1080. The minimum absolute atomic E-state index is 0.309. The van der Waals surface area contributed by atoms with E-state index in [4.69, 9.17) is 0 Å². The quantitative estimate of drug-likeness (QED) is 0.393. The van der Waals surface area contributed by atoms with E-state index in [1.165, 1.54) is 15.6 Å². The molecule has 0 saturated carbocycles. The van der Waals surface area contributed by atoms with Crippen LogP contribution in [0.5, 0.6) is 0 Å². The number of aryl methyl sites for hydroxylation is 1. The molecule has 25 heavy (non-hydrogen) atoms. The van der Waals surface area contributed by atoms with Gasteiger partial charge < -0.3 is 4.57 Å². The van der Waals surface area contributed by atoms with Crippen LogP contribution in [0.25, 0.3) is 31.1 Å². The molecular weight excluding hydrogens is 387 g/mol. The molecule has 0 aromatic carbocycles. The number of nitrogens with zero attached hydrogens (tertiary/aromatic N) is 3. The molecular formula is C16H12F3N3S3. The first-order chi connectivity index (χ1) is 11.9. The van der Waals surface area contributed by atoms with Gasteiger partial charge in [-0.1, -0.05) is 6.92 Å². The summed E-state index contributed by atoms with van der Waals surface area (Å²) in [6.07, 6.45) is -3.22. The smallest absolute Gasteiger partial charge is 0.325 e. The number of thioether (sulfide) groups is 1. The molecule has 0 saturated heterocycles. The summed E-state index contributed by atoms with van der Waals surface area (Å²) in [5.74, 6) is 1.60. The number of hydrogen-bond donors (Lipinski definition) is 0. The highest BCUT2D eigenvalue weighted by molar-refractivity contribution is 8.00. The first-order valence-electron chi connectivity index (χ1n) is 7.43. The summed E-state index contributed by atoms with van der Waals surface area (Å²) in [5.41, 5.74) is -0.0174. The Morgan fingerprint density at radius 2 is 2.12 bits per heavy atom. The second-order valence-corrected chi connectivity index (χ2v) is 8.60. The maximum absolute atomic E-state index is 12.9. The van der Waals surface area contributed by atoms with E-state index in [9.17, 15) is 13.2 Å². The monoisotopic (exact) mass is 399 g/mol. The van der Waals surface area contributed by atoms with E-state index in [2.05, 4.69) is 28.3 Å². The second-order valence-electron chi connectivity index (χ2n) is 5.36. The first kappa shape index (κ1) is 16.9. The Kier molecular flexibility index (Phi) is 4.04. The molecule has 0 N–H and O–H groups in total. The third-order valence-electron chi connectivity index (χ3n) is 3.80. The fraction of sp³-hybridized carbons (Fsp3) is 0.250. The van der Waals surface area contributed by atoms with Crippen molar-refractivity contribution in [3.63, 3.8) is 0 Å². The molecule has 4 rings (SSSR count). The van der Waals surface area contributed by atoms with Gasteiger partial charge in [-0.2, -0.15) is 13.2 Å². The van der Waals surface area contributed by atoms with Crippen LogP contribution in [0.15, 0.2) is 28.6 Å². The van der Waals surface area contributed by atoms with Gasteiger partial charge in [-0.25, -0.2) is 9.97 Å². The van der Waals surface area contributed by atoms with Gasteiger partial charge >= 0.3 is 6.18 Å². The average molecular weight is 399 g/mol. The molecule has 4 aromatic heterocycles. The topological polar surface area (TPSA) is 30.7 Å². The molecule has 0 aliphatic heterocycles. The predicted molar refractivity (Wildman–Crippen MR) is 98.6 cm³/mol. The van der Waals surface area contributed by atoms with E-state index >= 15 is 0 Å². The maximum Gasteiger partial charge on any atom is 0.433 e. The molecule has 9 heteroatoms. The molecule has 3 nitrogen and oxygen atoms in total. The number of aromatic nitrogens is 3. The van der Waals surface area contributed by atoms with Crippen LogP contribution < -0.4 is 0 Å². The zero-order valence-electron chi connectivity index (χ0n) is 13.2. The zero-order chi connectivity index (χ0) is 17.8. The molecule has 0 fully saturated rings. The maximum atomic E-state index is 12.9. The van der Waals surface area contributed by atoms with E-state index in [0.717, 1.165) is 21.6 Å². The SMILES string of the molecule is CCSc1c(-c2nc3cc(C(F)(F)F)ncc3n2C)sc2ccsc12. The van der Waals surface area contributed by atoms with Crippen molar-refractivity contribution in [3.8, 4) is 10.7 Å². The standard InChI is InChI=1S/C16H12F3N3S3/c1-3-23-13-12-10(4-5-24-12)25-14(13)15-21-8-6-11(16(17,18)19)20-7-9(8)22(15)2/h4-7H,3H2,1-2H3. The van der Waals surface area contributed by atoms with Crippen molar-refractivity contribution in [2.75, 3.05) is 5.75 Å². The Labute approximate surface area is 153 Å². The third-order valence-corrected chi connectivity index (χ3v) is 7.26. The third kappa shape index (κ3) is 2.74. The van der Waals surface area contributed by atoms with Crippen molar-refractivity contribution in [3.05, 3.63) is 29.4 Å². The van der Waals surface area contributed by atoms with Crippen LogP contribution in [0.2, 0.25) is 0 Å². The predicted octanol–water partition coefficient (Wildman–Crippen LogP) is 6.04. The van der Waals surface area contributed by atoms with Crippen molar-refractivity contribution in [2.24, 2.45) is 7.05 Å². The normalized spacial score (nSPS) is 12.5. The van der Waals surface area contributed by atoms with Crippen LogP contribution in [0.4, 0.5) is 13.2 Å². The highest BCUT2D eigenvalue weighted by atomic mass is 32.2. The lowest BCUT2D eigenvalue weighted by molar-refractivity contribution is -0.141. The first-order valence-corrected chi connectivity index (χ1v) is 10.1. The molecule has 0 aliphatic rings. The molecule has 0 radical (unpaired) electrons. The zero-order valence-corrected chi connectivity index (χ0v) is 15.7. The van der Waals surface area contributed by atoms with Crippen molar-refractivity contribution < 1.29 is 13.2 Å². The van der Waals surface area contributed by atoms with Crippen LogP contribution in [0, 0.1) is 0 Å². The molecule has 0 atom stereocenters. The van der Waals surface area contributed by atoms with E-state index in [1.54, 1.807) is 34.4 Å². The number of pyridine rings is 1. The average Bonchev–Trinajstić information content (AvgIpc) is 3.21. The minimum Gasteiger partial charge on any atom is -0.325 e. The fourth-order valence-corrected chi connectivity index (χ4v) is 6.28. The van der Waals surface area contributed by atoms with Gasteiger partial charge in [-0.3, -0.25) is 0 Å². The Morgan fingerprint density at radius 1 is 1.32 bits per heavy atom. The lowest BCUT2D eigenvalue weighted by atomic mass is 10.3. The van der Waals surface area contributed by atoms with Crippen LogP contribution in [0.1, 0.15) is 12.6 Å². The molecule has 0 bridgehead atoms. The highest BCUT2D eigenvalue weighted by Gasteiger charge is 2.33. The molecule has 4 aromatic rings. The van der Waals surface area contributed by atoms with E-state index in [1.807, 2.05) is 11.6 Å². The summed E-state index contributed by atoms with van der Waals surface area (Å²) in [5, 5.41) is 2.05. The fourth-order valence-electron chi connectivity index (χ4n) is 2.67. The molecule has 0 spiro atoms. The van der Waals surface area contributed by atoms with Crippen molar-refractivity contribution in [2.45, 2.75) is 18.0 Å². The van der Waals surface area contributed by atoms with Gasteiger partial charge in [-0.05, 0) is 23.3 Å². The largest absolute Gasteiger partial charge is 0.433 e. The minimum atomic E-state index is -4.47. The van der Waals surface area contributed by atoms with E-state index in [-0.39, 0.29) is 0 Å². The number of alkyl halides is 3. The van der Waals surface area contributed by atoms with Gasteiger partial charge in [0.2, 0.25) is 0 Å². The van der Waals surface area contributed by atoms with Crippen molar-refractivity contribution in [1.82, 2.24) is 14.5 Å².